The van der Waals surface area contributed by atoms with Crippen molar-refractivity contribution in [2.45, 2.75) is 32.1 Å². The lowest BCUT2D eigenvalue weighted by atomic mass is 9.89. The third-order valence-electron chi connectivity index (χ3n) is 3.54. The lowest BCUT2D eigenvalue weighted by molar-refractivity contribution is 0.0944. The zero-order valence-corrected chi connectivity index (χ0v) is 10.4. The van der Waals surface area contributed by atoms with Crippen molar-refractivity contribution < 1.29 is 9.18 Å². The molecule has 3 N–H and O–H groups in total. The van der Waals surface area contributed by atoms with E-state index >= 15 is 0 Å². The molecule has 0 spiro atoms. The third-order valence-corrected chi connectivity index (χ3v) is 3.54. The van der Waals surface area contributed by atoms with Crippen LogP contribution >= 0.6 is 0 Å². The molecule has 98 valence electrons. The van der Waals surface area contributed by atoms with Crippen molar-refractivity contribution in [2.75, 3.05) is 12.3 Å². The number of hydrogen-bond acceptors (Lipinski definition) is 2. The Balaban J connectivity index is 1.92. The summed E-state index contributed by atoms with van der Waals surface area (Å²) in [5, 5.41) is 2.85. The first-order valence-corrected chi connectivity index (χ1v) is 6.50. The summed E-state index contributed by atoms with van der Waals surface area (Å²) in [7, 11) is 0. The summed E-state index contributed by atoms with van der Waals surface area (Å²) in [5.41, 5.74) is 6.22. The van der Waals surface area contributed by atoms with Crippen LogP contribution in [0.2, 0.25) is 0 Å². The molecule has 2 rings (SSSR count). The number of carbonyl (C=O) groups is 1. The average molecular weight is 250 g/mol. The Hall–Kier alpha value is -1.58. The predicted molar refractivity (Wildman–Crippen MR) is 69.7 cm³/mol. The fraction of sp³-hybridized carbons (Fsp3) is 0.500. The highest BCUT2D eigenvalue weighted by Crippen LogP contribution is 2.23. The summed E-state index contributed by atoms with van der Waals surface area (Å²) in [6.45, 7) is 0.661. The van der Waals surface area contributed by atoms with E-state index in [1.807, 2.05) is 0 Å². The van der Waals surface area contributed by atoms with E-state index in [2.05, 4.69) is 5.32 Å². The first-order valence-electron chi connectivity index (χ1n) is 6.50. The number of amides is 1. The maximum Gasteiger partial charge on any atom is 0.253 e. The van der Waals surface area contributed by atoms with Crippen LogP contribution in [0, 0.1) is 11.7 Å². The molecule has 1 aromatic carbocycles. The van der Waals surface area contributed by atoms with Gasteiger partial charge in [0.05, 0.1) is 5.56 Å². The lowest BCUT2D eigenvalue weighted by Crippen LogP contribution is -2.30. The monoisotopic (exact) mass is 250 g/mol. The van der Waals surface area contributed by atoms with Gasteiger partial charge >= 0.3 is 0 Å². The Labute approximate surface area is 107 Å². The normalized spacial score (nSPS) is 16.5. The van der Waals surface area contributed by atoms with E-state index in [0.29, 0.717) is 18.2 Å². The summed E-state index contributed by atoms with van der Waals surface area (Å²) in [6, 6.07) is 3.86. The molecular weight excluding hydrogens is 231 g/mol. The summed E-state index contributed by atoms with van der Waals surface area (Å²) in [4.78, 5) is 11.9. The highest BCUT2D eigenvalue weighted by atomic mass is 19.1. The van der Waals surface area contributed by atoms with Gasteiger partial charge in [0.1, 0.15) is 5.82 Å². The van der Waals surface area contributed by atoms with Gasteiger partial charge in [0.15, 0.2) is 0 Å². The van der Waals surface area contributed by atoms with Crippen LogP contribution in [0.1, 0.15) is 42.5 Å². The Morgan fingerprint density at radius 3 is 2.78 bits per heavy atom. The van der Waals surface area contributed by atoms with E-state index in [9.17, 15) is 9.18 Å². The number of nitrogens with one attached hydrogen (secondary N) is 1. The van der Waals surface area contributed by atoms with Crippen LogP contribution in [-0.2, 0) is 0 Å². The van der Waals surface area contributed by atoms with Crippen LogP contribution in [0.25, 0.3) is 0 Å². The van der Waals surface area contributed by atoms with E-state index < -0.39 is 5.82 Å². The maximum absolute atomic E-state index is 13.1. The summed E-state index contributed by atoms with van der Waals surface area (Å²) >= 11 is 0. The molecule has 18 heavy (non-hydrogen) atoms. The number of anilines is 1. The van der Waals surface area contributed by atoms with Gasteiger partial charge in [-0.3, -0.25) is 4.79 Å². The molecule has 3 nitrogen and oxygen atoms in total. The Bertz CT molecular complexity index is 428. The van der Waals surface area contributed by atoms with Crippen LogP contribution in [0.5, 0.6) is 0 Å². The van der Waals surface area contributed by atoms with Gasteiger partial charge < -0.3 is 11.1 Å². The second-order valence-corrected chi connectivity index (χ2v) is 4.95. The molecular formula is C14H19FN2O. The van der Waals surface area contributed by atoms with Crippen LogP contribution in [-0.4, -0.2) is 12.5 Å². The SMILES string of the molecule is Nc1ccc(F)cc1C(=O)NCC1CCCCC1. The van der Waals surface area contributed by atoms with Crippen molar-refractivity contribution in [3.63, 3.8) is 0 Å². The number of rotatable bonds is 3. The summed E-state index contributed by atoms with van der Waals surface area (Å²) < 4.78 is 13.1. The molecule has 1 fully saturated rings. The molecule has 0 bridgehead atoms. The van der Waals surface area contributed by atoms with Gasteiger partial charge in [-0.1, -0.05) is 19.3 Å². The van der Waals surface area contributed by atoms with Crippen molar-refractivity contribution in [1.29, 1.82) is 0 Å². The second-order valence-electron chi connectivity index (χ2n) is 4.95. The maximum atomic E-state index is 13.1. The molecule has 0 saturated heterocycles. The van der Waals surface area contributed by atoms with E-state index in [1.54, 1.807) is 0 Å². The number of carbonyl (C=O) groups excluding carboxylic acids is 1. The van der Waals surface area contributed by atoms with Crippen LogP contribution in [0.3, 0.4) is 0 Å². The predicted octanol–water partition coefficient (Wildman–Crippen LogP) is 2.72. The van der Waals surface area contributed by atoms with Gasteiger partial charge in [-0.2, -0.15) is 0 Å². The molecule has 1 amide bonds. The minimum absolute atomic E-state index is 0.228. The zero-order valence-electron chi connectivity index (χ0n) is 10.4. The van der Waals surface area contributed by atoms with Crippen molar-refractivity contribution in [2.24, 2.45) is 5.92 Å². The number of nitrogens with two attached hydrogens (primary N) is 1. The topological polar surface area (TPSA) is 55.1 Å². The number of nitrogen functional groups attached to an aromatic ring is 1. The zero-order chi connectivity index (χ0) is 13.0. The average Bonchev–Trinajstić information content (AvgIpc) is 2.40. The van der Waals surface area contributed by atoms with Crippen LogP contribution in [0.4, 0.5) is 10.1 Å². The Kier molecular flexibility index (Phi) is 4.18. The summed E-state index contributed by atoms with van der Waals surface area (Å²) in [6.07, 6.45) is 6.10. The van der Waals surface area contributed by atoms with Gasteiger partial charge in [0.2, 0.25) is 0 Å². The Morgan fingerprint density at radius 2 is 2.06 bits per heavy atom. The highest BCUT2D eigenvalue weighted by molar-refractivity contribution is 5.99. The van der Waals surface area contributed by atoms with Crippen molar-refractivity contribution in [1.82, 2.24) is 5.32 Å². The van der Waals surface area contributed by atoms with Gasteiger partial charge in [0.25, 0.3) is 5.91 Å². The highest BCUT2D eigenvalue weighted by Gasteiger charge is 2.16. The fourth-order valence-electron chi connectivity index (χ4n) is 2.45. The lowest BCUT2D eigenvalue weighted by Gasteiger charge is -2.21. The van der Waals surface area contributed by atoms with E-state index in [1.165, 1.54) is 50.3 Å². The number of benzene rings is 1. The van der Waals surface area contributed by atoms with Gasteiger partial charge in [-0.15, -0.1) is 0 Å². The molecule has 0 aromatic heterocycles. The van der Waals surface area contributed by atoms with E-state index in [-0.39, 0.29) is 11.5 Å². The molecule has 0 atom stereocenters. The standard InChI is InChI=1S/C14H19FN2O/c15-11-6-7-13(16)12(8-11)14(18)17-9-10-4-2-1-3-5-10/h6-8,10H,1-5,9,16H2,(H,17,18). The van der Waals surface area contributed by atoms with E-state index in [0.717, 1.165) is 0 Å². The molecule has 1 aromatic rings. The first kappa shape index (κ1) is 12.9. The van der Waals surface area contributed by atoms with Crippen LogP contribution in [0.15, 0.2) is 18.2 Å². The number of halogens is 1. The van der Waals surface area contributed by atoms with Gasteiger partial charge in [-0.05, 0) is 37.0 Å². The molecule has 1 aliphatic carbocycles. The fourth-order valence-corrected chi connectivity index (χ4v) is 2.45. The third kappa shape index (κ3) is 3.22. The molecule has 0 heterocycles. The number of hydrogen-bond donors (Lipinski definition) is 2. The van der Waals surface area contributed by atoms with Gasteiger partial charge in [0, 0.05) is 12.2 Å². The smallest absolute Gasteiger partial charge is 0.253 e. The largest absolute Gasteiger partial charge is 0.398 e. The Morgan fingerprint density at radius 1 is 1.33 bits per heavy atom. The molecule has 0 unspecified atom stereocenters. The molecule has 1 saturated carbocycles. The van der Waals surface area contributed by atoms with Gasteiger partial charge in [-0.25, -0.2) is 4.39 Å². The molecule has 0 aliphatic heterocycles. The minimum Gasteiger partial charge on any atom is -0.398 e. The van der Waals surface area contributed by atoms with E-state index in [4.69, 9.17) is 5.73 Å². The van der Waals surface area contributed by atoms with Crippen molar-refractivity contribution in [3.05, 3.63) is 29.6 Å². The van der Waals surface area contributed by atoms with Crippen LogP contribution < -0.4 is 11.1 Å². The molecule has 0 radical (unpaired) electrons. The first-order chi connectivity index (χ1) is 8.66. The molecule has 4 heteroatoms. The minimum atomic E-state index is -0.438. The quantitative estimate of drug-likeness (QED) is 0.810. The summed E-state index contributed by atoms with van der Waals surface area (Å²) in [5.74, 6) is -0.165. The molecule has 1 aliphatic rings. The van der Waals surface area contributed by atoms with Crippen molar-refractivity contribution in [3.8, 4) is 0 Å². The van der Waals surface area contributed by atoms with Crippen molar-refractivity contribution >= 4 is 11.6 Å². The second kappa shape index (κ2) is 5.85.